The molecule has 0 spiro atoms. The molecule has 0 unspecified atom stereocenters. The third kappa shape index (κ3) is 7.58. The van der Waals surface area contributed by atoms with Gasteiger partial charge in [-0.05, 0) is 77.1 Å². The molecule has 0 aliphatic heterocycles. The van der Waals surface area contributed by atoms with E-state index in [-0.39, 0.29) is 58.3 Å². The van der Waals surface area contributed by atoms with Crippen molar-refractivity contribution in [3.63, 3.8) is 0 Å². The number of benzene rings is 3. The molecule has 3 aromatic carbocycles. The number of rotatable bonds is 6. The molecule has 5 rings (SSSR count). The number of carbonyl (C=O) groups is 2. The van der Waals surface area contributed by atoms with Crippen LogP contribution in [0.25, 0.3) is 22.0 Å². The minimum atomic E-state index is -1.23. The van der Waals surface area contributed by atoms with Crippen LogP contribution in [0.3, 0.4) is 0 Å². The molecular formula is C34H33ClF2N2NaO3. The second-order valence-corrected chi connectivity index (χ2v) is 13.2. The summed E-state index contributed by atoms with van der Waals surface area (Å²) in [6.45, 7) is 8.89. The van der Waals surface area contributed by atoms with Crippen molar-refractivity contribution in [2.45, 2.75) is 53.5 Å². The molecule has 1 aromatic heterocycles. The van der Waals surface area contributed by atoms with E-state index in [1.54, 1.807) is 47.0 Å². The van der Waals surface area contributed by atoms with Crippen LogP contribution in [-0.4, -0.2) is 51.1 Å². The van der Waals surface area contributed by atoms with Gasteiger partial charge in [-0.25, -0.2) is 13.6 Å². The Balaban J connectivity index is 0.00000423. The summed E-state index contributed by atoms with van der Waals surface area (Å²) in [6, 6.07) is 15.3. The average molecular weight is 614 g/mol. The Morgan fingerprint density at radius 2 is 1.60 bits per heavy atom. The van der Waals surface area contributed by atoms with Crippen molar-refractivity contribution in [2.24, 2.45) is 10.8 Å². The molecule has 1 amide bonds. The van der Waals surface area contributed by atoms with Gasteiger partial charge in [0, 0.05) is 58.7 Å². The van der Waals surface area contributed by atoms with Crippen molar-refractivity contribution in [2.75, 3.05) is 5.32 Å². The molecule has 5 nitrogen and oxygen atoms in total. The summed E-state index contributed by atoms with van der Waals surface area (Å²) in [6.07, 6.45) is 4.19. The van der Waals surface area contributed by atoms with Gasteiger partial charge in [0.15, 0.2) is 5.69 Å². The van der Waals surface area contributed by atoms with Gasteiger partial charge in [-0.3, -0.25) is 4.79 Å². The van der Waals surface area contributed by atoms with Crippen LogP contribution in [0.15, 0.2) is 72.3 Å². The number of hydrogen-bond donors (Lipinski definition) is 2. The Bertz CT molecular complexity index is 1720. The molecule has 1 heterocycles. The van der Waals surface area contributed by atoms with Crippen molar-refractivity contribution in [1.82, 2.24) is 4.57 Å². The van der Waals surface area contributed by atoms with Gasteiger partial charge in [0.25, 0.3) is 0 Å². The molecule has 1 fully saturated rings. The monoisotopic (exact) mass is 613 g/mol. The van der Waals surface area contributed by atoms with E-state index in [0.29, 0.717) is 27.1 Å². The number of aromatic carboxylic acids is 1. The van der Waals surface area contributed by atoms with E-state index in [4.69, 9.17) is 11.6 Å². The van der Waals surface area contributed by atoms with Gasteiger partial charge in [-0.2, -0.15) is 0 Å². The van der Waals surface area contributed by atoms with Gasteiger partial charge in [0.2, 0.25) is 5.91 Å². The fourth-order valence-electron chi connectivity index (χ4n) is 6.74. The van der Waals surface area contributed by atoms with Gasteiger partial charge < -0.3 is 15.0 Å². The standard InChI is InChI=1S/C34H33ClF2N2O3.Na/c1-33(2)16-21(17-34(3,4)19-33)11-29(40)38-30-27-9-8-22(23-12-25(36)15-26(37)13-23)14-28(27)39(31(30)32(41)42)18-20-6-5-7-24(35)10-20;/h5-15H,16-19H2,1-4H3,(H,38,40)(H,41,42);. The summed E-state index contributed by atoms with van der Waals surface area (Å²) in [5.41, 5.74) is 3.18. The Hall–Kier alpha value is -2.97. The minimum Gasteiger partial charge on any atom is -0.477 e. The Kier molecular flexibility index (Phi) is 9.62. The van der Waals surface area contributed by atoms with Crippen LogP contribution in [0.4, 0.5) is 14.5 Å². The molecular weight excluding hydrogens is 581 g/mol. The second-order valence-electron chi connectivity index (χ2n) is 12.8. The molecule has 43 heavy (non-hydrogen) atoms. The first-order chi connectivity index (χ1) is 19.7. The fourth-order valence-corrected chi connectivity index (χ4v) is 6.95. The number of allylic oxidation sites excluding steroid dienone is 1. The maximum Gasteiger partial charge on any atom is 0.354 e. The van der Waals surface area contributed by atoms with Crippen LogP contribution in [0.2, 0.25) is 5.02 Å². The number of amides is 1. The zero-order valence-electron chi connectivity index (χ0n) is 25.0. The molecule has 9 heteroatoms. The van der Waals surface area contributed by atoms with Gasteiger partial charge in [-0.1, -0.05) is 69.1 Å². The Labute approximate surface area is 277 Å². The molecule has 1 aliphatic carbocycles. The molecule has 0 bridgehead atoms. The SMILES string of the molecule is CC1(C)CC(=CC(=O)Nc2c(C(=O)O)n(Cc3cccc(Cl)c3)c3cc(-c4cc(F)cc(F)c4)ccc23)CC(C)(C)C1.[Na]. The summed E-state index contributed by atoms with van der Waals surface area (Å²) in [5, 5.41) is 14.3. The van der Waals surface area contributed by atoms with Crippen LogP contribution in [-0.2, 0) is 11.3 Å². The predicted octanol–water partition coefficient (Wildman–Crippen LogP) is 8.71. The molecule has 0 saturated heterocycles. The minimum absolute atomic E-state index is 0. The number of hydrogen-bond acceptors (Lipinski definition) is 2. The zero-order valence-corrected chi connectivity index (χ0v) is 27.8. The summed E-state index contributed by atoms with van der Waals surface area (Å²) >= 11 is 6.21. The smallest absolute Gasteiger partial charge is 0.354 e. The number of halogens is 3. The van der Waals surface area contributed by atoms with Crippen molar-refractivity contribution < 1.29 is 23.5 Å². The van der Waals surface area contributed by atoms with Crippen LogP contribution >= 0.6 is 11.6 Å². The van der Waals surface area contributed by atoms with E-state index >= 15 is 0 Å². The summed E-state index contributed by atoms with van der Waals surface area (Å²) in [5.74, 6) is -3.07. The predicted molar refractivity (Wildman–Crippen MR) is 169 cm³/mol. The van der Waals surface area contributed by atoms with E-state index in [2.05, 4.69) is 33.0 Å². The Morgan fingerprint density at radius 1 is 0.953 bits per heavy atom. The van der Waals surface area contributed by atoms with E-state index < -0.39 is 23.5 Å². The third-order valence-electron chi connectivity index (χ3n) is 7.64. The van der Waals surface area contributed by atoms with Crippen LogP contribution in [0.1, 0.15) is 63.0 Å². The Morgan fingerprint density at radius 3 is 2.21 bits per heavy atom. The molecule has 4 aromatic rings. The first-order valence-electron chi connectivity index (χ1n) is 13.8. The largest absolute Gasteiger partial charge is 0.477 e. The van der Waals surface area contributed by atoms with Gasteiger partial charge >= 0.3 is 5.97 Å². The maximum atomic E-state index is 14.0. The number of carboxylic acid groups (broad SMARTS) is 1. The van der Waals surface area contributed by atoms with E-state index in [9.17, 15) is 23.5 Å². The number of aromatic nitrogens is 1. The van der Waals surface area contributed by atoms with E-state index in [1.807, 2.05) is 6.07 Å². The first-order valence-corrected chi connectivity index (χ1v) is 14.2. The van der Waals surface area contributed by atoms with Crippen molar-refractivity contribution in [1.29, 1.82) is 0 Å². The number of nitrogens with one attached hydrogen (secondary N) is 1. The molecule has 1 radical (unpaired) electrons. The van der Waals surface area contributed by atoms with Gasteiger partial charge in [0.05, 0.1) is 11.2 Å². The van der Waals surface area contributed by atoms with Crippen LogP contribution in [0, 0.1) is 22.5 Å². The van der Waals surface area contributed by atoms with Crippen LogP contribution in [0.5, 0.6) is 0 Å². The number of carbonyl (C=O) groups excluding carboxylic acids is 1. The second kappa shape index (κ2) is 12.6. The first kappa shape index (κ1) is 32.9. The van der Waals surface area contributed by atoms with Crippen LogP contribution < -0.4 is 5.32 Å². The number of anilines is 1. The maximum absolute atomic E-state index is 14.0. The summed E-state index contributed by atoms with van der Waals surface area (Å²) in [7, 11) is 0. The van der Waals surface area contributed by atoms with Gasteiger partial charge in [-0.15, -0.1) is 0 Å². The summed E-state index contributed by atoms with van der Waals surface area (Å²) in [4.78, 5) is 26.1. The molecule has 219 valence electrons. The number of nitrogens with zero attached hydrogens (tertiary/aromatic N) is 1. The molecule has 0 atom stereocenters. The average Bonchev–Trinajstić information content (AvgIpc) is 3.13. The fraction of sp³-hybridized carbons (Fsp3) is 0.294. The van der Waals surface area contributed by atoms with Gasteiger partial charge in [0.1, 0.15) is 11.6 Å². The molecule has 1 saturated carbocycles. The number of carboxylic acids is 1. The quantitative estimate of drug-likeness (QED) is 0.169. The van der Waals surface area contributed by atoms with Crippen molar-refractivity contribution in [3.05, 3.63) is 100 Å². The summed E-state index contributed by atoms with van der Waals surface area (Å²) < 4.78 is 29.7. The normalized spacial score (nSPS) is 15.6. The third-order valence-corrected chi connectivity index (χ3v) is 7.88. The molecule has 2 N–H and O–H groups in total. The van der Waals surface area contributed by atoms with E-state index in [0.717, 1.165) is 36.5 Å². The van der Waals surface area contributed by atoms with Crippen molar-refractivity contribution >= 4 is 69.6 Å². The molecule has 1 aliphatic rings. The number of fused-ring (bicyclic) bond motifs is 1. The topological polar surface area (TPSA) is 71.3 Å². The van der Waals surface area contributed by atoms with E-state index in [1.165, 1.54) is 12.1 Å². The zero-order chi connectivity index (χ0) is 30.4. The van der Waals surface area contributed by atoms with Crippen molar-refractivity contribution in [3.8, 4) is 11.1 Å².